The fraction of sp³-hybridized carbons (Fsp3) is 0.571. The molecule has 0 aromatic carbocycles. The first-order chi connectivity index (χ1) is 9.53. The van der Waals surface area contributed by atoms with Gasteiger partial charge in [-0.2, -0.15) is 0 Å². The smallest absolute Gasteiger partial charge is 0.341 e. The first-order valence-corrected chi connectivity index (χ1v) is 7.56. The van der Waals surface area contributed by atoms with E-state index in [9.17, 15) is 9.59 Å². The van der Waals surface area contributed by atoms with Crippen LogP contribution in [0.3, 0.4) is 0 Å². The molecule has 0 spiro atoms. The molecule has 2 N–H and O–H groups in total. The highest BCUT2D eigenvalue weighted by Crippen LogP contribution is 2.39. The Kier molecular flexibility index (Phi) is 4.45. The van der Waals surface area contributed by atoms with Crippen molar-refractivity contribution < 1.29 is 14.3 Å². The average Bonchev–Trinajstić information content (AvgIpc) is 2.97. The Labute approximate surface area is 122 Å². The molecule has 1 unspecified atom stereocenters. The van der Waals surface area contributed by atoms with Crippen LogP contribution in [-0.4, -0.2) is 32.1 Å². The number of ether oxygens (including phenoxy) is 1. The van der Waals surface area contributed by atoms with Crippen molar-refractivity contribution in [3.05, 3.63) is 16.0 Å². The Bertz CT molecular complexity index is 539. The summed E-state index contributed by atoms with van der Waals surface area (Å²) in [5.74, 6) is -0.166. The minimum atomic E-state index is -0.370. The molecule has 20 heavy (non-hydrogen) atoms. The Balaban J connectivity index is 2.46. The zero-order chi connectivity index (χ0) is 14.9. The largest absolute Gasteiger partial charge is 0.465 e. The van der Waals surface area contributed by atoms with E-state index >= 15 is 0 Å². The minimum absolute atomic E-state index is 0.0366. The summed E-state index contributed by atoms with van der Waals surface area (Å²) in [6.45, 7) is 5.05. The van der Waals surface area contributed by atoms with Crippen LogP contribution in [-0.2, 0) is 16.0 Å². The Hall–Kier alpha value is -1.40. The molecule has 1 atom stereocenters. The summed E-state index contributed by atoms with van der Waals surface area (Å²) >= 11 is 1.49. The molecule has 2 rings (SSSR count). The van der Waals surface area contributed by atoms with Crippen molar-refractivity contribution in [3.63, 3.8) is 0 Å². The fourth-order valence-electron chi connectivity index (χ4n) is 2.63. The van der Waals surface area contributed by atoms with E-state index in [-0.39, 0.29) is 17.8 Å². The number of rotatable bonds is 4. The number of hydrogen-bond acceptors (Lipinski definition) is 5. The third-order valence-electron chi connectivity index (χ3n) is 3.72. The van der Waals surface area contributed by atoms with Crippen molar-refractivity contribution >= 4 is 28.2 Å². The first kappa shape index (κ1) is 15.0. The molecule has 0 bridgehead atoms. The van der Waals surface area contributed by atoms with Crippen molar-refractivity contribution in [2.24, 2.45) is 11.7 Å². The monoisotopic (exact) mass is 296 g/mol. The SMILES string of the molecule is CCc1c(C)sc(N2CC(CN)CC2=O)c1C(=O)OC. The summed E-state index contributed by atoms with van der Waals surface area (Å²) in [5.41, 5.74) is 7.17. The van der Waals surface area contributed by atoms with Gasteiger partial charge >= 0.3 is 5.97 Å². The number of nitrogens with two attached hydrogens (primary N) is 1. The lowest BCUT2D eigenvalue weighted by molar-refractivity contribution is -0.117. The first-order valence-electron chi connectivity index (χ1n) is 6.74. The van der Waals surface area contributed by atoms with E-state index in [1.807, 2.05) is 13.8 Å². The minimum Gasteiger partial charge on any atom is -0.465 e. The highest BCUT2D eigenvalue weighted by atomic mass is 32.1. The number of hydrogen-bond donors (Lipinski definition) is 1. The van der Waals surface area contributed by atoms with E-state index in [1.165, 1.54) is 18.4 Å². The Morgan fingerprint density at radius 1 is 1.55 bits per heavy atom. The van der Waals surface area contributed by atoms with Crippen LogP contribution in [0.4, 0.5) is 5.00 Å². The molecule has 1 amide bonds. The second-order valence-corrected chi connectivity index (χ2v) is 6.18. The van der Waals surface area contributed by atoms with Gasteiger partial charge in [0.05, 0.1) is 12.7 Å². The van der Waals surface area contributed by atoms with Gasteiger partial charge in [0.2, 0.25) is 5.91 Å². The lowest BCUT2D eigenvalue weighted by Crippen LogP contribution is -2.26. The summed E-state index contributed by atoms with van der Waals surface area (Å²) < 4.78 is 4.89. The maximum absolute atomic E-state index is 12.1. The lowest BCUT2D eigenvalue weighted by atomic mass is 10.1. The maximum Gasteiger partial charge on any atom is 0.341 e. The zero-order valence-corrected chi connectivity index (χ0v) is 12.9. The lowest BCUT2D eigenvalue weighted by Gasteiger charge is -2.16. The Morgan fingerprint density at radius 3 is 2.75 bits per heavy atom. The number of amides is 1. The van der Waals surface area contributed by atoms with Gasteiger partial charge in [-0.1, -0.05) is 6.92 Å². The normalized spacial score (nSPS) is 18.7. The highest BCUT2D eigenvalue weighted by molar-refractivity contribution is 7.17. The quantitative estimate of drug-likeness (QED) is 0.859. The highest BCUT2D eigenvalue weighted by Gasteiger charge is 2.35. The van der Waals surface area contributed by atoms with Gasteiger partial charge in [-0.3, -0.25) is 4.79 Å². The number of aryl methyl sites for hydroxylation is 1. The van der Waals surface area contributed by atoms with Crippen molar-refractivity contribution in [2.45, 2.75) is 26.7 Å². The topological polar surface area (TPSA) is 72.6 Å². The van der Waals surface area contributed by atoms with Gasteiger partial charge in [0.1, 0.15) is 5.00 Å². The molecule has 0 saturated carbocycles. The van der Waals surface area contributed by atoms with E-state index in [0.717, 1.165) is 16.9 Å². The van der Waals surface area contributed by atoms with E-state index < -0.39 is 0 Å². The molecule has 1 aliphatic rings. The molecule has 1 fully saturated rings. The molecule has 1 aromatic heterocycles. The molecule has 1 aliphatic heterocycles. The van der Waals surface area contributed by atoms with Gasteiger partial charge in [0, 0.05) is 17.8 Å². The predicted molar refractivity (Wildman–Crippen MR) is 79.3 cm³/mol. The number of nitrogens with zero attached hydrogens (tertiary/aromatic N) is 1. The number of thiophene rings is 1. The molecule has 6 heteroatoms. The summed E-state index contributed by atoms with van der Waals surface area (Å²) in [6, 6.07) is 0. The van der Waals surface area contributed by atoms with Crippen LogP contribution in [0.5, 0.6) is 0 Å². The van der Waals surface area contributed by atoms with E-state index in [2.05, 4.69) is 0 Å². The number of carbonyl (C=O) groups excluding carboxylic acids is 2. The number of carbonyl (C=O) groups is 2. The maximum atomic E-state index is 12.1. The fourth-order valence-corrected chi connectivity index (χ4v) is 3.88. The van der Waals surface area contributed by atoms with Gasteiger partial charge in [0.15, 0.2) is 0 Å². The third-order valence-corrected chi connectivity index (χ3v) is 4.89. The van der Waals surface area contributed by atoms with Gasteiger partial charge in [-0.05, 0) is 31.4 Å². The molecular weight excluding hydrogens is 276 g/mol. The van der Waals surface area contributed by atoms with Crippen LogP contribution in [0.1, 0.15) is 34.1 Å². The molecule has 1 saturated heterocycles. The number of esters is 1. The van der Waals surface area contributed by atoms with Crippen LogP contribution in [0.2, 0.25) is 0 Å². The molecule has 0 aliphatic carbocycles. The van der Waals surface area contributed by atoms with Gasteiger partial charge in [0.25, 0.3) is 0 Å². The van der Waals surface area contributed by atoms with Crippen LogP contribution < -0.4 is 10.6 Å². The summed E-state index contributed by atoms with van der Waals surface area (Å²) in [6.07, 6.45) is 1.20. The van der Waals surface area contributed by atoms with Gasteiger partial charge in [-0.25, -0.2) is 4.79 Å². The van der Waals surface area contributed by atoms with Gasteiger partial charge in [-0.15, -0.1) is 11.3 Å². The van der Waals surface area contributed by atoms with Crippen molar-refractivity contribution in [1.29, 1.82) is 0 Å². The molecule has 2 heterocycles. The Morgan fingerprint density at radius 2 is 2.25 bits per heavy atom. The molecule has 1 aromatic rings. The number of anilines is 1. The molecular formula is C14H20N2O3S. The van der Waals surface area contributed by atoms with E-state index in [4.69, 9.17) is 10.5 Å². The molecule has 0 radical (unpaired) electrons. The van der Waals surface area contributed by atoms with E-state index in [0.29, 0.717) is 30.1 Å². The zero-order valence-electron chi connectivity index (χ0n) is 12.1. The van der Waals surface area contributed by atoms with Crippen molar-refractivity contribution in [2.75, 3.05) is 25.1 Å². The van der Waals surface area contributed by atoms with Crippen LogP contribution in [0.15, 0.2) is 0 Å². The average molecular weight is 296 g/mol. The van der Waals surface area contributed by atoms with Crippen molar-refractivity contribution in [3.8, 4) is 0 Å². The molecule has 110 valence electrons. The van der Waals surface area contributed by atoms with Crippen LogP contribution >= 0.6 is 11.3 Å². The van der Waals surface area contributed by atoms with E-state index in [1.54, 1.807) is 4.90 Å². The second-order valence-electron chi connectivity index (χ2n) is 4.97. The van der Waals surface area contributed by atoms with Crippen LogP contribution in [0.25, 0.3) is 0 Å². The molecule has 5 nitrogen and oxygen atoms in total. The predicted octanol–water partition coefficient (Wildman–Crippen LogP) is 1.72. The third kappa shape index (κ3) is 2.45. The standard InChI is InChI=1S/C14H20N2O3S/c1-4-10-8(2)20-13(12(10)14(18)19-3)16-7-9(6-15)5-11(16)17/h9H,4-7,15H2,1-3H3. The second kappa shape index (κ2) is 5.93. The summed E-state index contributed by atoms with van der Waals surface area (Å²) in [4.78, 5) is 27.0. The summed E-state index contributed by atoms with van der Waals surface area (Å²) in [7, 11) is 1.37. The van der Waals surface area contributed by atoms with Crippen molar-refractivity contribution in [1.82, 2.24) is 0 Å². The number of methoxy groups -OCH3 is 1. The summed E-state index contributed by atoms with van der Waals surface area (Å²) in [5, 5.41) is 0.715. The van der Waals surface area contributed by atoms with Gasteiger partial charge < -0.3 is 15.4 Å². The van der Waals surface area contributed by atoms with Crippen LogP contribution in [0, 0.1) is 12.8 Å².